The Hall–Kier alpha value is -0.650. The van der Waals surface area contributed by atoms with Crippen LogP contribution < -0.4 is 5.73 Å². The number of nitrogens with two attached hydrogens (primary N) is 1. The fraction of sp³-hybridized carbons (Fsp3) is 0.900. The quantitative estimate of drug-likeness (QED) is 0.642. The van der Waals surface area contributed by atoms with Crippen molar-refractivity contribution in [1.29, 1.82) is 0 Å². The zero-order chi connectivity index (χ0) is 11.4. The highest BCUT2D eigenvalue weighted by molar-refractivity contribution is 5.73. The lowest BCUT2D eigenvalue weighted by Gasteiger charge is -2.31. The third kappa shape index (κ3) is 3.15. The molecule has 1 fully saturated rings. The minimum Gasteiger partial charge on any atom is -0.480 e. The number of carbonyl (C=O) groups is 1. The van der Waals surface area contributed by atoms with E-state index in [1.54, 1.807) is 0 Å². The van der Waals surface area contributed by atoms with E-state index in [9.17, 15) is 4.79 Å². The lowest BCUT2D eigenvalue weighted by molar-refractivity contribution is -0.143. The van der Waals surface area contributed by atoms with Gasteiger partial charge in [-0.15, -0.1) is 0 Å². The van der Waals surface area contributed by atoms with Crippen LogP contribution >= 0.6 is 0 Å². The lowest BCUT2D eigenvalue weighted by atomic mass is 10.1. The molecular formula is C10H21N3O2. The maximum absolute atomic E-state index is 11.0. The highest BCUT2D eigenvalue weighted by Gasteiger charge is 2.33. The van der Waals surface area contributed by atoms with Crippen molar-refractivity contribution < 1.29 is 9.90 Å². The molecule has 1 saturated heterocycles. The molecule has 1 heterocycles. The van der Waals surface area contributed by atoms with Crippen molar-refractivity contribution in [2.24, 2.45) is 5.73 Å². The smallest absolute Gasteiger partial charge is 0.322 e. The van der Waals surface area contributed by atoms with Crippen molar-refractivity contribution >= 4 is 5.97 Å². The number of rotatable bonds is 5. The van der Waals surface area contributed by atoms with E-state index >= 15 is 0 Å². The Kier molecular flexibility index (Phi) is 4.50. The molecule has 0 aromatic rings. The summed E-state index contributed by atoms with van der Waals surface area (Å²) in [5.41, 5.74) is 5.51. The van der Waals surface area contributed by atoms with Crippen molar-refractivity contribution in [3.63, 3.8) is 0 Å². The van der Waals surface area contributed by atoms with Crippen molar-refractivity contribution in [2.45, 2.75) is 24.9 Å². The summed E-state index contributed by atoms with van der Waals surface area (Å²) in [6.07, 6.45) is 2.14. The number of nitrogens with zero attached hydrogens (tertiary/aromatic N) is 2. The number of hydrogen-bond acceptors (Lipinski definition) is 4. The number of likely N-dealkylation sites (tertiary alicyclic amines) is 1. The fourth-order valence-electron chi connectivity index (χ4n) is 2.26. The van der Waals surface area contributed by atoms with Gasteiger partial charge in [0.2, 0.25) is 0 Å². The predicted octanol–water partition coefficient (Wildman–Crippen LogP) is -0.576. The first-order valence-corrected chi connectivity index (χ1v) is 5.39. The summed E-state index contributed by atoms with van der Waals surface area (Å²) in [6.45, 7) is 1.95. The van der Waals surface area contributed by atoms with Gasteiger partial charge in [-0.25, -0.2) is 0 Å². The minimum absolute atomic E-state index is 0.194. The third-order valence-electron chi connectivity index (χ3n) is 2.91. The second-order valence-electron chi connectivity index (χ2n) is 4.39. The summed E-state index contributed by atoms with van der Waals surface area (Å²) in [5, 5.41) is 9.05. The van der Waals surface area contributed by atoms with Crippen LogP contribution in [-0.2, 0) is 4.79 Å². The van der Waals surface area contributed by atoms with Gasteiger partial charge >= 0.3 is 5.97 Å². The summed E-state index contributed by atoms with van der Waals surface area (Å²) < 4.78 is 0. The van der Waals surface area contributed by atoms with Gasteiger partial charge in [0.15, 0.2) is 0 Å². The van der Waals surface area contributed by atoms with Crippen molar-refractivity contribution in [2.75, 3.05) is 33.7 Å². The maximum Gasteiger partial charge on any atom is 0.322 e. The summed E-state index contributed by atoms with van der Waals surface area (Å²) in [7, 11) is 4.02. The summed E-state index contributed by atoms with van der Waals surface area (Å²) in [6, 6.07) is -0.179. The fourth-order valence-corrected chi connectivity index (χ4v) is 2.26. The zero-order valence-electron chi connectivity index (χ0n) is 9.52. The molecule has 2 atom stereocenters. The minimum atomic E-state index is -0.803. The molecule has 0 radical (unpaired) electrons. The average Bonchev–Trinajstić information content (AvgIpc) is 2.53. The molecule has 2 unspecified atom stereocenters. The maximum atomic E-state index is 11.0. The lowest BCUT2D eigenvalue weighted by Crippen LogP contribution is -2.50. The molecule has 0 aromatic heterocycles. The Bertz CT molecular complexity index is 221. The molecule has 3 N–H and O–H groups in total. The Morgan fingerprint density at radius 3 is 2.80 bits per heavy atom. The summed E-state index contributed by atoms with van der Waals surface area (Å²) in [4.78, 5) is 15.1. The number of hydrogen-bond donors (Lipinski definition) is 2. The van der Waals surface area contributed by atoms with Crippen LogP contribution in [0.15, 0.2) is 0 Å². The highest BCUT2D eigenvalue weighted by Crippen LogP contribution is 2.20. The van der Waals surface area contributed by atoms with Crippen molar-refractivity contribution in [3.05, 3.63) is 0 Å². The molecule has 0 saturated carbocycles. The van der Waals surface area contributed by atoms with E-state index in [0.29, 0.717) is 6.04 Å². The van der Waals surface area contributed by atoms with E-state index in [4.69, 9.17) is 10.8 Å². The number of carboxylic acids is 1. The molecule has 1 aliphatic heterocycles. The summed E-state index contributed by atoms with van der Waals surface area (Å²) in [5.74, 6) is -0.803. The number of carboxylic acid groups (broad SMARTS) is 1. The SMILES string of the molecule is CN(C)CC1CCCN1C(CN)C(=O)O. The second kappa shape index (κ2) is 5.44. The third-order valence-corrected chi connectivity index (χ3v) is 2.91. The van der Waals surface area contributed by atoms with E-state index in [0.717, 1.165) is 25.9 Å². The largest absolute Gasteiger partial charge is 0.480 e. The molecule has 88 valence electrons. The van der Waals surface area contributed by atoms with E-state index in [2.05, 4.69) is 4.90 Å². The molecule has 1 aliphatic rings. The molecular weight excluding hydrogens is 194 g/mol. The number of likely N-dealkylation sites (N-methyl/N-ethyl adjacent to an activating group) is 1. The van der Waals surface area contributed by atoms with Crippen molar-refractivity contribution in [1.82, 2.24) is 9.80 Å². The molecule has 0 amide bonds. The molecule has 0 spiro atoms. The standard InChI is InChI=1S/C10H21N3O2/c1-12(2)7-8-4-3-5-13(8)9(6-11)10(14)15/h8-9H,3-7,11H2,1-2H3,(H,14,15). The zero-order valence-corrected chi connectivity index (χ0v) is 9.52. The first-order valence-electron chi connectivity index (χ1n) is 5.39. The molecule has 15 heavy (non-hydrogen) atoms. The normalized spacial score (nSPS) is 24.7. The van der Waals surface area contributed by atoms with Crippen LogP contribution in [-0.4, -0.2) is 66.7 Å². The van der Waals surface area contributed by atoms with Crippen LogP contribution in [0.4, 0.5) is 0 Å². The van der Waals surface area contributed by atoms with E-state index in [-0.39, 0.29) is 6.54 Å². The van der Waals surface area contributed by atoms with E-state index in [1.807, 2.05) is 19.0 Å². The monoisotopic (exact) mass is 215 g/mol. The van der Waals surface area contributed by atoms with Gasteiger partial charge in [0, 0.05) is 19.1 Å². The van der Waals surface area contributed by atoms with Gasteiger partial charge in [-0.2, -0.15) is 0 Å². The Balaban J connectivity index is 2.61. The van der Waals surface area contributed by atoms with Gasteiger partial charge in [0.1, 0.15) is 6.04 Å². The molecule has 0 aromatic carbocycles. The topological polar surface area (TPSA) is 69.8 Å². The first-order chi connectivity index (χ1) is 7.06. The number of aliphatic carboxylic acids is 1. The van der Waals surface area contributed by atoms with Crippen LogP contribution in [0.25, 0.3) is 0 Å². The molecule has 5 heteroatoms. The van der Waals surface area contributed by atoms with Gasteiger partial charge in [-0.3, -0.25) is 9.69 Å². The second-order valence-corrected chi connectivity index (χ2v) is 4.39. The Labute approximate surface area is 90.8 Å². The molecule has 0 aliphatic carbocycles. The van der Waals surface area contributed by atoms with Crippen LogP contribution in [0.5, 0.6) is 0 Å². The van der Waals surface area contributed by atoms with Gasteiger partial charge in [-0.05, 0) is 33.5 Å². The molecule has 1 rings (SSSR count). The highest BCUT2D eigenvalue weighted by atomic mass is 16.4. The van der Waals surface area contributed by atoms with Crippen LogP contribution in [0, 0.1) is 0 Å². The van der Waals surface area contributed by atoms with Gasteiger partial charge in [0.05, 0.1) is 0 Å². The van der Waals surface area contributed by atoms with Crippen molar-refractivity contribution in [3.8, 4) is 0 Å². The van der Waals surface area contributed by atoms with Gasteiger partial charge in [-0.1, -0.05) is 0 Å². The first kappa shape index (κ1) is 12.4. The molecule has 0 bridgehead atoms. The predicted molar refractivity (Wildman–Crippen MR) is 58.8 cm³/mol. The average molecular weight is 215 g/mol. The molecule has 5 nitrogen and oxygen atoms in total. The van der Waals surface area contributed by atoms with Gasteiger partial charge < -0.3 is 15.7 Å². The van der Waals surface area contributed by atoms with E-state index in [1.165, 1.54) is 0 Å². The van der Waals surface area contributed by atoms with Gasteiger partial charge in [0.25, 0.3) is 0 Å². The summed E-state index contributed by atoms with van der Waals surface area (Å²) >= 11 is 0. The Morgan fingerprint density at radius 1 is 1.67 bits per heavy atom. The van der Waals surface area contributed by atoms with Crippen LogP contribution in [0.2, 0.25) is 0 Å². The van der Waals surface area contributed by atoms with E-state index < -0.39 is 12.0 Å². The van der Waals surface area contributed by atoms with Crippen LogP contribution in [0.1, 0.15) is 12.8 Å². The van der Waals surface area contributed by atoms with Crippen LogP contribution in [0.3, 0.4) is 0 Å². The Morgan fingerprint density at radius 2 is 2.33 bits per heavy atom.